The third-order valence-corrected chi connectivity index (χ3v) is 4.57. The second-order valence-corrected chi connectivity index (χ2v) is 6.13. The minimum atomic E-state index is -0.630. The van der Waals surface area contributed by atoms with Gasteiger partial charge in [-0.1, -0.05) is 24.3 Å². The first-order chi connectivity index (χ1) is 12.2. The molecule has 0 aliphatic carbocycles. The van der Waals surface area contributed by atoms with Crippen molar-refractivity contribution in [1.29, 1.82) is 0 Å². The maximum absolute atomic E-state index is 13.9. The molecule has 2 heterocycles. The van der Waals surface area contributed by atoms with Crippen LogP contribution >= 0.6 is 0 Å². The first-order valence-corrected chi connectivity index (χ1v) is 8.39. The van der Waals surface area contributed by atoms with Crippen LogP contribution in [0, 0.1) is 5.82 Å². The largest absolute Gasteiger partial charge is 0.485 e. The molecule has 2 aliphatic heterocycles. The third kappa shape index (κ3) is 3.12. The molecule has 0 bridgehead atoms. The zero-order chi connectivity index (χ0) is 17.2. The first-order valence-electron chi connectivity index (χ1n) is 8.39. The summed E-state index contributed by atoms with van der Waals surface area (Å²) in [5, 5.41) is 0. The van der Waals surface area contributed by atoms with Gasteiger partial charge in [0.15, 0.2) is 11.5 Å². The Morgan fingerprint density at radius 2 is 1.64 bits per heavy atom. The predicted octanol–water partition coefficient (Wildman–Crippen LogP) is 2.31. The lowest BCUT2D eigenvalue weighted by Crippen LogP contribution is -2.54. The van der Waals surface area contributed by atoms with E-state index in [0.29, 0.717) is 43.4 Å². The molecule has 4 rings (SSSR count). The number of ether oxygens (including phenoxy) is 2. The summed E-state index contributed by atoms with van der Waals surface area (Å²) in [4.78, 5) is 16.4. The van der Waals surface area contributed by atoms with Gasteiger partial charge in [-0.05, 0) is 24.3 Å². The topological polar surface area (TPSA) is 42.0 Å². The molecule has 0 N–H and O–H groups in total. The van der Waals surface area contributed by atoms with Gasteiger partial charge >= 0.3 is 0 Å². The molecule has 1 atom stereocenters. The van der Waals surface area contributed by atoms with Gasteiger partial charge in [0.25, 0.3) is 5.91 Å². The summed E-state index contributed by atoms with van der Waals surface area (Å²) in [5.74, 6) is 0.943. The highest BCUT2D eigenvalue weighted by Gasteiger charge is 2.32. The summed E-state index contributed by atoms with van der Waals surface area (Å²) in [7, 11) is 0. The number of fused-ring (bicyclic) bond motifs is 1. The van der Waals surface area contributed by atoms with Crippen molar-refractivity contribution in [2.75, 3.05) is 37.7 Å². The van der Waals surface area contributed by atoms with Gasteiger partial charge in [-0.2, -0.15) is 0 Å². The van der Waals surface area contributed by atoms with E-state index in [-0.39, 0.29) is 18.3 Å². The van der Waals surface area contributed by atoms with Gasteiger partial charge in [0.05, 0.1) is 5.69 Å². The number of carbonyl (C=O) groups excluding carboxylic acids is 1. The molecule has 130 valence electrons. The van der Waals surface area contributed by atoms with Crippen LogP contribution in [0.2, 0.25) is 0 Å². The minimum Gasteiger partial charge on any atom is -0.485 e. The number of rotatable bonds is 2. The van der Waals surface area contributed by atoms with Crippen molar-refractivity contribution in [3.05, 3.63) is 54.3 Å². The molecule has 2 aliphatic rings. The molecule has 6 heteroatoms. The number of nitrogens with zero attached hydrogens (tertiary/aromatic N) is 2. The third-order valence-electron chi connectivity index (χ3n) is 4.57. The van der Waals surface area contributed by atoms with E-state index in [2.05, 4.69) is 0 Å². The number of benzene rings is 2. The Morgan fingerprint density at radius 1 is 0.960 bits per heavy atom. The van der Waals surface area contributed by atoms with Crippen molar-refractivity contribution >= 4 is 11.6 Å². The van der Waals surface area contributed by atoms with Crippen LogP contribution in [0.4, 0.5) is 10.1 Å². The summed E-state index contributed by atoms with van der Waals surface area (Å²) in [6.45, 7) is 2.47. The molecule has 1 amide bonds. The molecule has 0 radical (unpaired) electrons. The summed E-state index contributed by atoms with van der Waals surface area (Å²) < 4.78 is 25.3. The van der Waals surface area contributed by atoms with Crippen molar-refractivity contribution in [3.8, 4) is 11.5 Å². The van der Waals surface area contributed by atoms with Gasteiger partial charge in [-0.25, -0.2) is 4.39 Å². The second-order valence-electron chi connectivity index (χ2n) is 6.13. The number of para-hydroxylation sites is 3. The van der Waals surface area contributed by atoms with Gasteiger partial charge < -0.3 is 19.3 Å². The van der Waals surface area contributed by atoms with Gasteiger partial charge in [-0.3, -0.25) is 4.79 Å². The molecule has 0 unspecified atom stereocenters. The molecule has 0 aromatic heterocycles. The summed E-state index contributed by atoms with van der Waals surface area (Å²) in [5.41, 5.74) is 0.584. The fourth-order valence-electron chi connectivity index (χ4n) is 3.22. The normalized spacial score (nSPS) is 19.6. The fraction of sp³-hybridized carbons (Fsp3) is 0.316. The molecular weight excluding hydrogens is 323 g/mol. The van der Waals surface area contributed by atoms with E-state index in [9.17, 15) is 9.18 Å². The average Bonchev–Trinajstić information content (AvgIpc) is 2.67. The lowest BCUT2D eigenvalue weighted by molar-refractivity contribution is -0.141. The molecule has 5 nitrogen and oxygen atoms in total. The minimum absolute atomic E-state index is 0.0808. The highest BCUT2D eigenvalue weighted by atomic mass is 19.1. The molecule has 0 spiro atoms. The van der Waals surface area contributed by atoms with Crippen LogP contribution in [0.5, 0.6) is 11.5 Å². The van der Waals surface area contributed by atoms with E-state index >= 15 is 0 Å². The molecule has 2 aromatic carbocycles. The lowest BCUT2D eigenvalue weighted by Gasteiger charge is -2.38. The molecule has 0 saturated carbocycles. The molecule has 2 aromatic rings. The highest BCUT2D eigenvalue weighted by molar-refractivity contribution is 5.82. The lowest BCUT2D eigenvalue weighted by atomic mass is 10.2. The van der Waals surface area contributed by atoms with E-state index in [1.807, 2.05) is 29.2 Å². The van der Waals surface area contributed by atoms with Gasteiger partial charge in [0.2, 0.25) is 6.10 Å². The molecule has 25 heavy (non-hydrogen) atoms. The van der Waals surface area contributed by atoms with E-state index in [0.717, 1.165) is 0 Å². The van der Waals surface area contributed by atoms with Crippen molar-refractivity contribution < 1.29 is 18.7 Å². The maximum Gasteiger partial charge on any atom is 0.267 e. The number of amides is 1. The Bertz CT molecular complexity index is 775. The Balaban J connectivity index is 1.38. The quantitative estimate of drug-likeness (QED) is 0.840. The van der Waals surface area contributed by atoms with Crippen molar-refractivity contribution in [2.24, 2.45) is 0 Å². The van der Waals surface area contributed by atoms with Crippen LogP contribution in [-0.2, 0) is 4.79 Å². The van der Waals surface area contributed by atoms with Crippen LogP contribution in [0.15, 0.2) is 48.5 Å². The maximum atomic E-state index is 13.9. The number of carbonyl (C=O) groups is 1. The zero-order valence-corrected chi connectivity index (χ0v) is 13.7. The molecular formula is C19H19FN2O3. The second kappa shape index (κ2) is 6.63. The van der Waals surface area contributed by atoms with E-state index < -0.39 is 6.10 Å². The van der Waals surface area contributed by atoms with E-state index in [4.69, 9.17) is 9.47 Å². The highest BCUT2D eigenvalue weighted by Crippen LogP contribution is 2.31. The Kier molecular flexibility index (Phi) is 4.17. The van der Waals surface area contributed by atoms with Gasteiger partial charge in [0, 0.05) is 26.2 Å². The summed E-state index contributed by atoms with van der Waals surface area (Å²) in [6.07, 6.45) is -0.630. The van der Waals surface area contributed by atoms with Gasteiger partial charge in [0.1, 0.15) is 12.4 Å². The van der Waals surface area contributed by atoms with Crippen LogP contribution < -0.4 is 14.4 Å². The van der Waals surface area contributed by atoms with Crippen LogP contribution in [0.25, 0.3) is 0 Å². The molecule has 1 fully saturated rings. The van der Waals surface area contributed by atoms with Crippen LogP contribution in [0.1, 0.15) is 0 Å². The SMILES string of the molecule is O=C([C@@H]1COc2ccccc2O1)N1CCN(c2ccccc2F)CC1. The monoisotopic (exact) mass is 342 g/mol. The molecule has 1 saturated heterocycles. The average molecular weight is 342 g/mol. The standard InChI is InChI=1S/C19H19FN2O3/c20-14-5-1-2-6-15(14)21-9-11-22(12-10-21)19(23)18-13-24-16-7-3-4-8-17(16)25-18/h1-8,18H,9-13H2/t18-/m0/s1. The number of halogens is 1. The van der Waals surface area contributed by atoms with Crippen molar-refractivity contribution in [3.63, 3.8) is 0 Å². The van der Waals surface area contributed by atoms with Crippen LogP contribution in [0.3, 0.4) is 0 Å². The summed E-state index contributed by atoms with van der Waals surface area (Å²) in [6, 6.07) is 14.1. The van der Waals surface area contributed by atoms with Gasteiger partial charge in [-0.15, -0.1) is 0 Å². The first kappa shape index (κ1) is 15.7. The van der Waals surface area contributed by atoms with Crippen LogP contribution in [-0.4, -0.2) is 49.7 Å². The number of piperazine rings is 1. The predicted molar refractivity (Wildman–Crippen MR) is 91.5 cm³/mol. The van der Waals surface area contributed by atoms with E-state index in [1.165, 1.54) is 6.07 Å². The number of hydrogen-bond acceptors (Lipinski definition) is 4. The zero-order valence-electron chi connectivity index (χ0n) is 13.7. The number of hydrogen-bond donors (Lipinski definition) is 0. The fourth-order valence-corrected chi connectivity index (χ4v) is 3.22. The van der Waals surface area contributed by atoms with Crippen molar-refractivity contribution in [2.45, 2.75) is 6.10 Å². The smallest absolute Gasteiger partial charge is 0.267 e. The van der Waals surface area contributed by atoms with E-state index in [1.54, 1.807) is 23.1 Å². The Morgan fingerprint density at radius 3 is 2.40 bits per heavy atom. The number of anilines is 1. The van der Waals surface area contributed by atoms with Crippen molar-refractivity contribution in [1.82, 2.24) is 4.90 Å². The Labute approximate surface area is 145 Å². The summed E-state index contributed by atoms with van der Waals surface area (Å²) >= 11 is 0. The Hall–Kier alpha value is -2.76.